The van der Waals surface area contributed by atoms with E-state index in [1.165, 1.54) is 4.31 Å². The summed E-state index contributed by atoms with van der Waals surface area (Å²) in [6, 6.07) is 5.74. The summed E-state index contributed by atoms with van der Waals surface area (Å²) in [7, 11) is -1.82. The maximum Gasteiger partial charge on any atom is 0.262 e. The highest BCUT2D eigenvalue weighted by molar-refractivity contribution is 7.89. The Hall–Kier alpha value is -3.05. The Bertz CT molecular complexity index is 1180. The minimum Gasteiger partial charge on any atom is -0.354 e. The van der Waals surface area contributed by atoms with Crippen molar-refractivity contribution in [2.75, 3.05) is 36.4 Å². The molecule has 0 bridgehead atoms. The first-order chi connectivity index (χ1) is 14.7. The lowest BCUT2D eigenvalue weighted by Gasteiger charge is -2.34. The van der Waals surface area contributed by atoms with Crippen molar-refractivity contribution < 1.29 is 8.42 Å². The van der Waals surface area contributed by atoms with E-state index in [-0.39, 0.29) is 5.03 Å². The summed E-state index contributed by atoms with van der Waals surface area (Å²) in [4.78, 5) is 19.6. The fourth-order valence-corrected chi connectivity index (χ4v) is 4.90. The first kappa shape index (κ1) is 21.2. The zero-order valence-electron chi connectivity index (χ0n) is 18.1. The fraction of sp³-hybridized carbons (Fsp3) is 0.400. The van der Waals surface area contributed by atoms with Crippen LogP contribution < -0.4 is 10.2 Å². The van der Waals surface area contributed by atoms with E-state index < -0.39 is 10.0 Å². The number of hydrogen-bond acceptors (Lipinski definition) is 8. The van der Waals surface area contributed by atoms with Gasteiger partial charge in [-0.1, -0.05) is 0 Å². The Kier molecular flexibility index (Phi) is 5.63. The monoisotopic (exact) mass is 442 g/mol. The molecule has 0 aromatic carbocycles. The summed E-state index contributed by atoms with van der Waals surface area (Å²) in [5.41, 5.74) is 1.10. The van der Waals surface area contributed by atoms with Gasteiger partial charge in [0, 0.05) is 51.7 Å². The third kappa shape index (κ3) is 4.52. The van der Waals surface area contributed by atoms with Crippen molar-refractivity contribution in [3.63, 3.8) is 0 Å². The zero-order valence-corrected chi connectivity index (χ0v) is 18.9. The summed E-state index contributed by atoms with van der Waals surface area (Å²) in [5.74, 6) is 3.42. The van der Waals surface area contributed by atoms with Gasteiger partial charge in [0.25, 0.3) is 10.0 Å². The molecule has 10 nitrogen and oxygen atoms in total. The molecule has 1 aliphatic rings. The van der Waals surface area contributed by atoms with Crippen LogP contribution in [0.25, 0.3) is 0 Å². The number of aryl methyl sites for hydroxylation is 4. The molecule has 0 saturated carbocycles. The van der Waals surface area contributed by atoms with Gasteiger partial charge in [-0.2, -0.15) is 4.31 Å². The molecule has 0 unspecified atom stereocenters. The van der Waals surface area contributed by atoms with Gasteiger partial charge >= 0.3 is 0 Å². The third-order valence-electron chi connectivity index (χ3n) is 5.25. The molecule has 4 heterocycles. The van der Waals surface area contributed by atoms with Crippen molar-refractivity contribution in [3.05, 3.63) is 47.8 Å². The number of rotatable bonds is 5. The van der Waals surface area contributed by atoms with Gasteiger partial charge in [-0.3, -0.25) is 0 Å². The molecule has 3 aromatic heterocycles. The Morgan fingerprint density at radius 3 is 2.35 bits per heavy atom. The van der Waals surface area contributed by atoms with Gasteiger partial charge in [0.05, 0.1) is 0 Å². The molecule has 0 radical (unpaired) electrons. The number of nitrogens with one attached hydrogen (secondary N) is 1. The van der Waals surface area contributed by atoms with Gasteiger partial charge < -0.3 is 14.8 Å². The molecule has 31 heavy (non-hydrogen) atoms. The summed E-state index contributed by atoms with van der Waals surface area (Å²) < 4.78 is 29.0. The summed E-state index contributed by atoms with van der Waals surface area (Å²) >= 11 is 0. The van der Waals surface area contributed by atoms with Crippen LogP contribution in [0.1, 0.15) is 17.2 Å². The van der Waals surface area contributed by atoms with Crippen molar-refractivity contribution in [3.8, 4) is 0 Å². The van der Waals surface area contributed by atoms with Crippen LogP contribution in [-0.2, 0) is 17.1 Å². The molecular formula is C20H26N8O2S. The van der Waals surface area contributed by atoms with Crippen LogP contribution in [-0.4, -0.2) is 63.4 Å². The maximum atomic E-state index is 12.9. The molecule has 1 N–H and O–H groups in total. The molecule has 11 heteroatoms. The van der Waals surface area contributed by atoms with Crippen LogP contribution in [0.4, 0.5) is 17.5 Å². The average molecular weight is 443 g/mol. The summed E-state index contributed by atoms with van der Waals surface area (Å²) in [6.07, 6.45) is 3.30. The number of imidazole rings is 1. The molecule has 4 rings (SSSR count). The number of anilines is 3. The van der Waals surface area contributed by atoms with E-state index in [0.29, 0.717) is 49.5 Å². The number of nitrogens with zero attached hydrogens (tertiary/aromatic N) is 7. The van der Waals surface area contributed by atoms with Gasteiger partial charge in [0.1, 0.15) is 29.1 Å². The second kappa shape index (κ2) is 8.23. The predicted octanol–water partition coefficient (Wildman–Crippen LogP) is 1.78. The highest BCUT2D eigenvalue weighted by atomic mass is 32.2. The summed E-state index contributed by atoms with van der Waals surface area (Å²) in [5, 5.41) is 3.31. The molecule has 1 aliphatic heterocycles. The number of hydrogen-bond donors (Lipinski definition) is 1. The van der Waals surface area contributed by atoms with E-state index in [0.717, 1.165) is 11.4 Å². The molecule has 3 aromatic rings. The molecule has 164 valence electrons. The lowest BCUT2D eigenvalue weighted by molar-refractivity contribution is 0.382. The first-order valence-corrected chi connectivity index (χ1v) is 11.5. The molecular weight excluding hydrogens is 416 g/mol. The molecule has 1 fully saturated rings. The summed E-state index contributed by atoms with van der Waals surface area (Å²) in [6.45, 7) is 7.41. The maximum absolute atomic E-state index is 12.9. The number of sulfonamides is 1. The minimum absolute atomic E-state index is 0.0935. The number of aromatic nitrogens is 5. The van der Waals surface area contributed by atoms with E-state index in [4.69, 9.17) is 0 Å². The van der Waals surface area contributed by atoms with Gasteiger partial charge in [-0.15, -0.1) is 0 Å². The van der Waals surface area contributed by atoms with Crippen LogP contribution in [0, 0.1) is 20.8 Å². The molecule has 0 spiro atoms. The van der Waals surface area contributed by atoms with E-state index in [2.05, 4.69) is 30.2 Å². The van der Waals surface area contributed by atoms with E-state index >= 15 is 0 Å². The highest BCUT2D eigenvalue weighted by Gasteiger charge is 2.31. The normalized spacial score (nSPS) is 15.3. The van der Waals surface area contributed by atoms with Crippen LogP contribution in [0.5, 0.6) is 0 Å². The van der Waals surface area contributed by atoms with Crippen LogP contribution in [0.15, 0.2) is 35.6 Å². The van der Waals surface area contributed by atoms with Crippen LogP contribution in [0.3, 0.4) is 0 Å². The first-order valence-electron chi connectivity index (χ1n) is 10.0. The van der Waals surface area contributed by atoms with Crippen molar-refractivity contribution >= 4 is 27.5 Å². The predicted molar refractivity (Wildman–Crippen MR) is 118 cm³/mol. The standard InChI is InChI=1S/C20H26N8O2S/c1-14-5-6-21-17(11-14)25-18-12-19(23-15(2)22-18)27-7-9-28(10-8-27)31(29,30)20-13-26(4)16(3)24-20/h5-6,11-13H,7-10H2,1-4H3,(H,21,22,23,25). The van der Waals surface area contributed by atoms with Crippen molar-refractivity contribution in [2.24, 2.45) is 7.05 Å². The van der Waals surface area contributed by atoms with Crippen LogP contribution >= 0.6 is 0 Å². The quantitative estimate of drug-likeness (QED) is 0.637. The molecule has 0 amide bonds. The Labute approximate surface area is 182 Å². The van der Waals surface area contributed by atoms with E-state index in [1.807, 2.05) is 32.0 Å². The number of piperazine rings is 1. The molecule has 0 aliphatic carbocycles. The lowest BCUT2D eigenvalue weighted by Crippen LogP contribution is -2.49. The zero-order chi connectivity index (χ0) is 22.2. The Morgan fingerprint density at radius 2 is 1.71 bits per heavy atom. The molecule has 0 atom stereocenters. The third-order valence-corrected chi connectivity index (χ3v) is 7.02. The average Bonchev–Trinajstić information content (AvgIpc) is 3.07. The highest BCUT2D eigenvalue weighted by Crippen LogP contribution is 2.23. The van der Waals surface area contributed by atoms with E-state index in [1.54, 1.807) is 30.9 Å². The fourth-order valence-electron chi connectivity index (χ4n) is 3.45. The minimum atomic E-state index is -3.61. The Balaban J connectivity index is 1.48. The Morgan fingerprint density at radius 1 is 0.968 bits per heavy atom. The topological polar surface area (TPSA) is 109 Å². The van der Waals surface area contributed by atoms with Crippen molar-refractivity contribution in [2.45, 2.75) is 25.8 Å². The van der Waals surface area contributed by atoms with Gasteiger partial charge in [-0.05, 0) is 38.5 Å². The van der Waals surface area contributed by atoms with Crippen molar-refractivity contribution in [1.29, 1.82) is 0 Å². The van der Waals surface area contributed by atoms with Gasteiger partial charge in [0.15, 0.2) is 5.03 Å². The lowest BCUT2D eigenvalue weighted by atomic mass is 10.3. The van der Waals surface area contributed by atoms with Gasteiger partial charge in [0.2, 0.25) is 0 Å². The largest absolute Gasteiger partial charge is 0.354 e. The van der Waals surface area contributed by atoms with Crippen LogP contribution in [0.2, 0.25) is 0 Å². The molecule has 1 saturated heterocycles. The second-order valence-electron chi connectivity index (χ2n) is 7.63. The van der Waals surface area contributed by atoms with E-state index in [9.17, 15) is 8.42 Å². The number of pyridine rings is 1. The second-order valence-corrected chi connectivity index (χ2v) is 9.52. The SMILES string of the molecule is Cc1ccnc(Nc2cc(N3CCN(S(=O)(=O)c4cn(C)c(C)n4)CC3)nc(C)n2)c1. The van der Waals surface area contributed by atoms with Crippen molar-refractivity contribution in [1.82, 2.24) is 28.8 Å². The smallest absolute Gasteiger partial charge is 0.262 e. The van der Waals surface area contributed by atoms with Gasteiger partial charge in [-0.25, -0.2) is 28.4 Å².